The average molecular weight is 338 g/mol. The minimum Gasteiger partial charge on any atom is -0.502 e. The average Bonchev–Trinajstić information content (AvgIpc) is 3.07. The lowest BCUT2D eigenvalue weighted by Gasteiger charge is -2.02. The smallest absolute Gasteiger partial charge is 0.311 e. The molecular weight excluding hydrogens is 328 g/mol. The van der Waals surface area contributed by atoms with Crippen LogP contribution in [0.15, 0.2) is 42.0 Å². The summed E-state index contributed by atoms with van der Waals surface area (Å²) in [5.41, 5.74) is -0.249. The summed E-state index contributed by atoms with van der Waals surface area (Å²) in [6.07, 6.45) is 1.22. The van der Waals surface area contributed by atoms with Gasteiger partial charge in [0.05, 0.1) is 4.92 Å². The number of rotatable bonds is 4. The summed E-state index contributed by atoms with van der Waals surface area (Å²) in [7, 11) is 0. The maximum absolute atomic E-state index is 12.5. The third-order valence-corrected chi connectivity index (χ3v) is 3.51. The Morgan fingerprint density at radius 3 is 2.72 bits per heavy atom. The van der Waals surface area contributed by atoms with Gasteiger partial charge >= 0.3 is 5.69 Å². The van der Waals surface area contributed by atoms with Gasteiger partial charge in [-0.1, -0.05) is 6.07 Å². The van der Waals surface area contributed by atoms with Gasteiger partial charge in [-0.15, -0.1) is 0 Å². The standard InChI is InChI=1S/C17H10N2O6/c18-8-12(5-10-1-3-14(20)13(6-10)19(22)23)17(21)11-2-4-15-16(7-11)25-9-24-15/h1-7,20H,9H2/b12-5+. The highest BCUT2D eigenvalue weighted by Crippen LogP contribution is 2.33. The van der Waals surface area contributed by atoms with Gasteiger partial charge in [0, 0.05) is 11.6 Å². The molecule has 8 heteroatoms. The first-order valence-corrected chi connectivity index (χ1v) is 7.03. The number of ketones is 1. The Balaban J connectivity index is 1.96. The highest BCUT2D eigenvalue weighted by molar-refractivity contribution is 6.14. The van der Waals surface area contributed by atoms with Crippen LogP contribution in [0.3, 0.4) is 0 Å². The molecular formula is C17H10N2O6. The molecule has 3 rings (SSSR count). The quantitative estimate of drug-likeness (QED) is 0.299. The second-order valence-electron chi connectivity index (χ2n) is 5.07. The van der Waals surface area contributed by atoms with Crippen LogP contribution in [0.5, 0.6) is 17.2 Å². The van der Waals surface area contributed by atoms with Gasteiger partial charge < -0.3 is 14.6 Å². The number of carbonyl (C=O) groups is 1. The largest absolute Gasteiger partial charge is 0.502 e. The molecule has 0 aromatic heterocycles. The van der Waals surface area contributed by atoms with Crippen LogP contribution in [0.4, 0.5) is 5.69 Å². The number of allylic oxidation sites excluding steroid dienone is 1. The first kappa shape index (κ1) is 16.0. The SMILES string of the molecule is N#C/C(=C\c1ccc(O)c([N+](=O)[O-])c1)C(=O)c1ccc2c(c1)OCO2. The Bertz CT molecular complexity index is 958. The molecule has 1 heterocycles. The zero-order valence-electron chi connectivity index (χ0n) is 12.6. The van der Waals surface area contributed by atoms with E-state index in [-0.39, 0.29) is 23.5 Å². The second-order valence-corrected chi connectivity index (χ2v) is 5.07. The van der Waals surface area contributed by atoms with Crippen LogP contribution in [-0.4, -0.2) is 22.6 Å². The van der Waals surface area contributed by atoms with Crippen LogP contribution in [0.25, 0.3) is 6.08 Å². The molecule has 0 aliphatic carbocycles. The van der Waals surface area contributed by atoms with E-state index in [1.54, 1.807) is 12.1 Å². The van der Waals surface area contributed by atoms with Crippen LogP contribution in [0, 0.1) is 21.4 Å². The molecule has 0 bridgehead atoms. The molecule has 0 unspecified atom stereocenters. The number of nitriles is 1. The summed E-state index contributed by atoms with van der Waals surface area (Å²) in [6.45, 7) is 0.0606. The summed E-state index contributed by atoms with van der Waals surface area (Å²) in [6, 6.07) is 9.90. The molecule has 0 saturated heterocycles. The van der Waals surface area contributed by atoms with Crippen LogP contribution in [-0.2, 0) is 0 Å². The lowest BCUT2D eigenvalue weighted by molar-refractivity contribution is -0.385. The fourth-order valence-corrected chi connectivity index (χ4v) is 2.29. The van der Waals surface area contributed by atoms with E-state index in [1.165, 1.54) is 24.3 Å². The summed E-state index contributed by atoms with van der Waals surface area (Å²) in [5.74, 6) is -0.143. The highest BCUT2D eigenvalue weighted by Gasteiger charge is 2.19. The third-order valence-electron chi connectivity index (χ3n) is 3.51. The molecule has 2 aromatic rings. The monoisotopic (exact) mass is 338 g/mol. The van der Waals surface area contributed by atoms with Crippen LogP contribution < -0.4 is 9.47 Å². The van der Waals surface area contributed by atoms with Gasteiger partial charge in [-0.25, -0.2) is 0 Å². The number of hydrogen-bond donors (Lipinski definition) is 1. The van der Waals surface area contributed by atoms with E-state index < -0.39 is 22.1 Å². The van der Waals surface area contributed by atoms with Crippen molar-refractivity contribution in [1.82, 2.24) is 0 Å². The van der Waals surface area contributed by atoms with Gasteiger partial charge in [0.1, 0.15) is 11.6 Å². The molecule has 8 nitrogen and oxygen atoms in total. The zero-order chi connectivity index (χ0) is 18.0. The van der Waals surface area contributed by atoms with Gasteiger partial charge in [-0.05, 0) is 35.9 Å². The van der Waals surface area contributed by atoms with Gasteiger partial charge in [0.25, 0.3) is 0 Å². The lowest BCUT2D eigenvalue weighted by Crippen LogP contribution is -2.02. The van der Waals surface area contributed by atoms with Crippen LogP contribution in [0.2, 0.25) is 0 Å². The number of carbonyl (C=O) groups excluding carboxylic acids is 1. The van der Waals surface area contributed by atoms with E-state index in [0.717, 1.165) is 12.1 Å². The third kappa shape index (κ3) is 3.11. The van der Waals surface area contributed by atoms with Crippen molar-refractivity contribution in [3.63, 3.8) is 0 Å². The summed E-state index contributed by atoms with van der Waals surface area (Å²) >= 11 is 0. The topological polar surface area (TPSA) is 123 Å². The molecule has 1 aliphatic rings. The lowest BCUT2D eigenvalue weighted by atomic mass is 10.0. The van der Waals surface area contributed by atoms with E-state index in [1.807, 2.05) is 0 Å². The normalized spacial score (nSPS) is 12.5. The van der Waals surface area contributed by atoms with Crippen molar-refractivity contribution >= 4 is 17.5 Å². The first-order chi connectivity index (χ1) is 12.0. The number of fused-ring (bicyclic) bond motifs is 1. The minimum atomic E-state index is -0.752. The van der Waals surface area contributed by atoms with E-state index in [0.29, 0.717) is 11.5 Å². The highest BCUT2D eigenvalue weighted by atomic mass is 16.7. The number of aromatic hydroxyl groups is 1. The maximum atomic E-state index is 12.5. The van der Waals surface area contributed by atoms with Crippen molar-refractivity contribution in [2.75, 3.05) is 6.79 Å². The number of phenols is 1. The molecule has 0 spiro atoms. The van der Waals surface area contributed by atoms with Crippen molar-refractivity contribution in [3.05, 3.63) is 63.2 Å². The Labute approximate surface area is 141 Å². The van der Waals surface area contributed by atoms with Crippen molar-refractivity contribution in [2.24, 2.45) is 0 Å². The maximum Gasteiger partial charge on any atom is 0.311 e. The molecule has 1 aliphatic heterocycles. The first-order valence-electron chi connectivity index (χ1n) is 7.03. The number of nitro benzene ring substituents is 1. The van der Waals surface area contributed by atoms with Gasteiger partial charge in [-0.3, -0.25) is 14.9 Å². The van der Waals surface area contributed by atoms with Gasteiger partial charge in [-0.2, -0.15) is 5.26 Å². The van der Waals surface area contributed by atoms with Crippen LogP contribution in [0.1, 0.15) is 15.9 Å². The molecule has 1 N–H and O–H groups in total. The molecule has 2 aromatic carbocycles. The Morgan fingerprint density at radius 1 is 1.24 bits per heavy atom. The molecule has 0 saturated carbocycles. The van der Waals surface area contributed by atoms with Gasteiger partial charge in [0.2, 0.25) is 12.6 Å². The van der Waals surface area contributed by atoms with Crippen LogP contribution >= 0.6 is 0 Å². The van der Waals surface area contributed by atoms with E-state index in [2.05, 4.69) is 0 Å². The fourth-order valence-electron chi connectivity index (χ4n) is 2.29. The number of hydrogen-bond acceptors (Lipinski definition) is 7. The molecule has 0 fully saturated rings. The van der Waals surface area contributed by atoms with E-state index in [9.17, 15) is 25.3 Å². The fraction of sp³-hybridized carbons (Fsp3) is 0.0588. The predicted octanol–water partition coefficient (Wildman–Crippen LogP) is 2.82. The number of nitrogens with zero attached hydrogens (tertiary/aromatic N) is 2. The number of phenolic OH excluding ortho intramolecular Hbond substituents is 1. The molecule has 0 atom stereocenters. The Hall–Kier alpha value is -3.86. The molecule has 124 valence electrons. The molecule has 25 heavy (non-hydrogen) atoms. The van der Waals surface area contributed by atoms with Crippen molar-refractivity contribution < 1.29 is 24.3 Å². The molecule has 0 radical (unpaired) electrons. The number of benzene rings is 2. The summed E-state index contributed by atoms with van der Waals surface area (Å²) in [5, 5.41) is 29.6. The molecule has 0 amide bonds. The predicted molar refractivity (Wildman–Crippen MR) is 85.2 cm³/mol. The Morgan fingerprint density at radius 2 is 2.00 bits per heavy atom. The summed E-state index contributed by atoms with van der Waals surface area (Å²) in [4.78, 5) is 22.6. The van der Waals surface area contributed by atoms with Crippen molar-refractivity contribution in [2.45, 2.75) is 0 Å². The van der Waals surface area contributed by atoms with Crippen molar-refractivity contribution in [3.8, 4) is 23.3 Å². The number of Topliss-reactive ketones (excluding diaryl/α,β-unsaturated/α-hetero) is 1. The zero-order valence-corrected chi connectivity index (χ0v) is 12.6. The Kier molecular flexibility index (Phi) is 4.05. The number of ether oxygens (including phenoxy) is 2. The minimum absolute atomic E-state index is 0.0606. The van der Waals surface area contributed by atoms with E-state index in [4.69, 9.17) is 9.47 Å². The number of nitro groups is 1. The summed E-state index contributed by atoms with van der Waals surface area (Å²) < 4.78 is 10.4. The van der Waals surface area contributed by atoms with E-state index >= 15 is 0 Å². The van der Waals surface area contributed by atoms with Crippen molar-refractivity contribution in [1.29, 1.82) is 5.26 Å². The van der Waals surface area contributed by atoms with Gasteiger partial charge in [0.15, 0.2) is 17.2 Å². The second kappa shape index (κ2) is 6.33.